The quantitative estimate of drug-likeness (QED) is 0.550. The van der Waals surface area contributed by atoms with Crippen LogP contribution in [0.4, 0.5) is 23.2 Å². The molecule has 0 spiro atoms. The second-order valence-electron chi connectivity index (χ2n) is 6.58. The van der Waals surface area contributed by atoms with E-state index in [0.717, 1.165) is 35.0 Å². The zero-order chi connectivity index (χ0) is 22.9. The van der Waals surface area contributed by atoms with Crippen molar-refractivity contribution in [3.8, 4) is 11.4 Å². The summed E-state index contributed by atoms with van der Waals surface area (Å²) in [6.07, 6.45) is 0. The van der Waals surface area contributed by atoms with Gasteiger partial charge in [0.25, 0.3) is 5.56 Å². The van der Waals surface area contributed by atoms with Crippen molar-refractivity contribution in [2.75, 3.05) is 4.72 Å². The minimum Gasteiger partial charge on any atom is -0.432 e. The molecule has 0 radical (unpaired) electrons. The predicted octanol–water partition coefficient (Wildman–Crippen LogP) is 3.31. The molecule has 0 saturated heterocycles. The van der Waals surface area contributed by atoms with E-state index >= 15 is 0 Å². The molecule has 1 heterocycles. The highest BCUT2D eigenvalue weighted by Crippen LogP contribution is 2.24. The van der Waals surface area contributed by atoms with Crippen molar-refractivity contribution in [2.45, 2.75) is 19.3 Å². The molecule has 166 valence electrons. The molecule has 3 rings (SSSR count). The highest BCUT2D eigenvalue weighted by molar-refractivity contribution is 7.91. The highest BCUT2D eigenvalue weighted by Gasteiger charge is 2.22. The number of halogens is 4. The van der Waals surface area contributed by atoms with Crippen LogP contribution in [0.2, 0.25) is 0 Å². The minimum absolute atomic E-state index is 0.0170. The van der Waals surface area contributed by atoms with Gasteiger partial charge in [0, 0.05) is 13.1 Å². The van der Waals surface area contributed by atoms with Crippen LogP contribution in [-0.2, 0) is 22.8 Å². The van der Waals surface area contributed by atoms with Crippen LogP contribution >= 0.6 is 0 Å². The maximum atomic E-state index is 13.7. The number of nitrogens with one attached hydrogen (secondary N) is 1. The summed E-state index contributed by atoms with van der Waals surface area (Å²) in [5, 5.41) is 0. The van der Waals surface area contributed by atoms with E-state index in [-0.39, 0.29) is 17.1 Å². The van der Waals surface area contributed by atoms with E-state index in [1.54, 1.807) is 0 Å². The Labute approximate surface area is 174 Å². The van der Waals surface area contributed by atoms with Gasteiger partial charge in [0.05, 0.1) is 17.1 Å². The molecular formula is C19H17F4N3O4S. The van der Waals surface area contributed by atoms with Gasteiger partial charge < -0.3 is 4.74 Å². The van der Waals surface area contributed by atoms with Gasteiger partial charge in [-0.3, -0.25) is 14.2 Å². The molecule has 7 nitrogen and oxygen atoms in total. The lowest BCUT2D eigenvalue weighted by Crippen LogP contribution is -2.24. The third-order valence-corrected chi connectivity index (χ3v) is 5.68. The molecule has 0 fully saturated rings. The molecule has 0 aliphatic carbocycles. The Kier molecular flexibility index (Phi) is 6.11. The number of aromatic nitrogens is 2. The first-order valence-electron chi connectivity index (χ1n) is 8.77. The van der Waals surface area contributed by atoms with Crippen LogP contribution in [-0.4, -0.2) is 24.4 Å². The number of ether oxygens (including phenoxy) is 1. The Morgan fingerprint density at radius 2 is 1.74 bits per heavy atom. The van der Waals surface area contributed by atoms with Crippen molar-refractivity contribution in [3.05, 3.63) is 75.7 Å². The Hall–Kier alpha value is -3.28. The number of rotatable bonds is 7. The summed E-state index contributed by atoms with van der Waals surface area (Å²) in [6, 6.07) is 7.73. The van der Waals surface area contributed by atoms with Gasteiger partial charge >= 0.3 is 6.61 Å². The number of hydrogen-bond acceptors (Lipinski definition) is 4. The van der Waals surface area contributed by atoms with E-state index < -0.39 is 45.3 Å². The van der Waals surface area contributed by atoms with Crippen molar-refractivity contribution in [1.82, 2.24) is 9.36 Å². The van der Waals surface area contributed by atoms with Gasteiger partial charge in [0.2, 0.25) is 10.0 Å². The lowest BCUT2D eigenvalue weighted by molar-refractivity contribution is -0.0521. The molecule has 1 N–H and O–H groups in total. The number of nitrogens with zero attached hydrogens (tertiary/aromatic N) is 2. The van der Waals surface area contributed by atoms with Gasteiger partial charge in [0.15, 0.2) is 11.6 Å². The molecular weight excluding hydrogens is 442 g/mol. The summed E-state index contributed by atoms with van der Waals surface area (Å²) in [6.45, 7) is -1.81. The second-order valence-corrected chi connectivity index (χ2v) is 8.30. The third kappa shape index (κ3) is 4.90. The molecule has 31 heavy (non-hydrogen) atoms. The fraction of sp³-hybridized carbons (Fsp3) is 0.211. The molecule has 0 saturated carbocycles. The molecule has 2 aromatic carbocycles. The summed E-state index contributed by atoms with van der Waals surface area (Å²) in [7, 11) is -2.61. The van der Waals surface area contributed by atoms with E-state index in [1.165, 1.54) is 30.8 Å². The Balaban J connectivity index is 1.97. The molecule has 0 aliphatic heterocycles. The number of alkyl halides is 2. The Bertz CT molecular complexity index is 1270. The largest absolute Gasteiger partial charge is 0.432 e. The smallest absolute Gasteiger partial charge is 0.387 e. The maximum Gasteiger partial charge on any atom is 0.387 e. The zero-order valence-corrected chi connectivity index (χ0v) is 17.1. The van der Waals surface area contributed by atoms with Gasteiger partial charge in [-0.1, -0.05) is 12.1 Å². The number of anilines is 1. The van der Waals surface area contributed by atoms with Crippen LogP contribution in [0.3, 0.4) is 0 Å². The van der Waals surface area contributed by atoms with Crippen molar-refractivity contribution in [3.63, 3.8) is 0 Å². The monoisotopic (exact) mass is 459 g/mol. The summed E-state index contributed by atoms with van der Waals surface area (Å²) < 4.78 is 85.3. The highest BCUT2D eigenvalue weighted by atomic mass is 32.2. The van der Waals surface area contributed by atoms with E-state index in [9.17, 15) is 30.8 Å². The van der Waals surface area contributed by atoms with Crippen molar-refractivity contribution < 1.29 is 30.7 Å². The average Bonchev–Trinajstić information content (AvgIpc) is 2.88. The van der Waals surface area contributed by atoms with E-state index in [1.807, 2.05) is 0 Å². The first-order valence-corrected chi connectivity index (χ1v) is 10.4. The fourth-order valence-corrected chi connectivity index (χ4v) is 4.17. The second kappa shape index (κ2) is 8.46. The first kappa shape index (κ1) is 22.4. The van der Waals surface area contributed by atoms with Crippen LogP contribution in [0.25, 0.3) is 5.69 Å². The van der Waals surface area contributed by atoms with Crippen LogP contribution in [0.1, 0.15) is 11.3 Å². The molecule has 0 atom stereocenters. The van der Waals surface area contributed by atoms with Crippen molar-refractivity contribution >= 4 is 15.7 Å². The molecule has 1 aromatic heterocycles. The third-order valence-electron chi connectivity index (χ3n) is 4.46. The van der Waals surface area contributed by atoms with Gasteiger partial charge in [-0.2, -0.15) is 8.78 Å². The van der Waals surface area contributed by atoms with Crippen molar-refractivity contribution in [2.24, 2.45) is 7.05 Å². The molecule has 0 aliphatic rings. The lowest BCUT2D eigenvalue weighted by atomic mass is 10.2. The van der Waals surface area contributed by atoms with E-state index in [4.69, 9.17) is 0 Å². The Morgan fingerprint density at radius 3 is 2.35 bits per heavy atom. The van der Waals surface area contributed by atoms with Crippen LogP contribution in [0.5, 0.6) is 5.75 Å². The molecule has 12 heteroatoms. The fourth-order valence-electron chi connectivity index (χ4n) is 2.92. The van der Waals surface area contributed by atoms with Crippen LogP contribution in [0, 0.1) is 18.6 Å². The summed E-state index contributed by atoms with van der Waals surface area (Å²) >= 11 is 0. The van der Waals surface area contributed by atoms with E-state index in [0.29, 0.717) is 5.56 Å². The van der Waals surface area contributed by atoms with Gasteiger partial charge in [-0.15, -0.1) is 0 Å². The normalized spacial score (nSPS) is 11.7. The summed E-state index contributed by atoms with van der Waals surface area (Å²) in [5.74, 6) is -2.85. The van der Waals surface area contributed by atoms with Crippen LogP contribution in [0.15, 0.2) is 47.3 Å². The lowest BCUT2D eigenvalue weighted by Gasteiger charge is -2.11. The van der Waals surface area contributed by atoms with Crippen LogP contribution < -0.4 is 15.0 Å². The molecule has 3 aromatic rings. The summed E-state index contributed by atoms with van der Waals surface area (Å²) in [5.41, 5.74) is -0.581. The van der Waals surface area contributed by atoms with Gasteiger partial charge in [-0.25, -0.2) is 21.9 Å². The Morgan fingerprint density at radius 1 is 1.10 bits per heavy atom. The molecule has 0 amide bonds. The van der Waals surface area contributed by atoms with Gasteiger partial charge in [-0.05, 0) is 36.8 Å². The number of hydrogen-bond donors (Lipinski definition) is 1. The van der Waals surface area contributed by atoms with Crippen molar-refractivity contribution in [1.29, 1.82) is 0 Å². The maximum absolute atomic E-state index is 13.7. The summed E-state index contributed by atoms with van der Waals surface area (Å²) in [4.78, 5) is 12.9. The standard InChI is InChI=1S/C19H17F4N3O4S/c1-11-17(24-31(28,29)10-12-3-5-13(20)6-4-12)18(27)26(25(11)2)14-7-8-15(21)16(9-14)30-19(22)23/h3-9,19,24H,10H2,1-2H3. The zero-order valence-electron chi connectivity index (χ0n) is 16.3. The SMILES string of the molecule is Cc1c(NS(=O)(=O)Cc2ccc(F)cc2)c(=O)n(-c2ccc(F)c(OC(F)F)c2)n1C. The average molecular weight is 459 g/mol. The minimum atomic E-state index is -4.04. The molecule has 0 bridgehead atoms. The first-order chi connectivity index (χ1) is 14.5. The van der Waals surface area contributed by atoms with Gasteiger partial charge in [0.1, 0.15) is 11.5 Å². The topological polar surface area (TPSA) is 82.3 Å². The number of benzene rings is 2. The predicted molar refractivity (Wildman–Crippen MR) is 105 cm³/mol. The molecule has 0 unspecified atom stereocenters. The van der Waals surface area contributed by atoms with E-state index in [2.05, 4.69) is 9.46 Å². The number of sulfonamides is 1.